The molecule has 0 saturated carbocycles. The number of benzene rings is 5. The summed E-state index contributed by atoms with van der Waals surface area (Å²) in [4.78, 5) is 29.0. The van der Waals surface area contributed by atoms with Gasteiger partial charge in [-0.2, -0.15) is 0 Å². The molecular weight excluding hydrogens is 840 g/mol. The van der Waals surface area contributed by atoms with Crippen LogP contribution in [0.15, 0.2) is 131 Å². The van der Waals surface area contributed by atoms with Gasteiger partial charge in [0.25, 0.3) is 15.7 Å². The molecule has 4 heterocycles. The Morgan fingerprint density at radius 3 is 2.31 bits per heavy atom. The first-order chi connectivity index (χ1) is 30.2. The molecule has 5 aromatic carbocycles. The van der Waals surface area contributed by atoms with Gasteiger partial charge in [-0.05, 0) is 103 Å². The Bertz CT molecular complexity index is 2630. The van der Waals surface area contributed by atoms with Gasteiger partial charge >= 0.3 is 0 Å². The quantitative estimate of drug-likeness (QED) is 0.0546. The number of halogens is 1. The maximum absolute atomic E-state index is 13.9. The summed E-state index contributed by atoms with van der Waals surface area (Å²) in [7, 11) is -4.27. The van der Waals surface area contributed by atoms with E-state index in [2.05, 4.69) is 83.2 Å². The molecule has 1 atom stereocenters. The third-order valence-electron chi connectivity index (χ3n) is 12.5. The molecule has 0 amide bonds. The smallest absolute Gasteiger partial charge is 0.293 e. The Morgan fingerprint density at radius 1 is 0.839 bits per heavy atom. The number of nitrogens with zero attached hydrogens (tertiary/aromatic N) is 6. The maximum atomic E-state index is 13.9. The second-order valence-electron chi connectivity index (χ2n) is 16.3. The van der Waals surface area contributed by atoms with Crippen LogP contribution in [0.5, 0.6) is 0 Å². The standard InChI is InChI=1S/C47H49ClN8O4S2/c48-35-12-10-33(11-13-35)42-9-5-4-6-34(42)30-53-24-26-54(27-25-53)39-18-20-43-45(28-39)49-32-50-47(43)52-62(59,60)41-19-21-44(46(29-41)56(57)58)51-36(31-61-40-7-2-1-3-8-40)22-23-55-37-14-15-38(55)17-16-37/h1-13,18-21,28-29,32,36-38,51H,14-17,22-27,30-31H2,(H,49,50,52)/t36-,37?,38?/m1/s1. The third kappa shape index (κ3) is 9.54. The number of aromatic nitrogens is 2. The Balaban J connectivity index is 0.867. The van der Waals surface area contributed by atoms with Gasteiger partial charge in [-0.1, -0.05) is 66.2 Å². The fourth-order valence-corrected chi connectivity index (χ4v) is 11.4. The molecule has 2 N–H and O–H groups in total. The van der Waals surface area contributed by atoms with E-state index in [1.165, 1.54) is 55.3 Å². The molecule has 3 saturated heterocycles. The van der Waals surface area contributed by atoms with Crippen molar-refractivity contribution in [1.82, 2.24) is 19.8 Å². The number of thioether (sulfide) groups is 1. The van der Waals surface area contributed by atoms with E-state index in [-0.39, 0.29) is 22.4 Å². The highest BCUT2D eigenvalue weighted by atomic mass is 35.5. The van der Waals surface area contributed by atoms with E-state index in [1.807, 2.05) is 48.5 Å². The highest BCUT2D eigenvalue weighted by Gasteiger charge is 2.39. The summed E-state index contributed by atoms with van der Waals surface area (Å²) >= 11 is 7.86. The van der Waals surface area contributed by atoms with Crippen LogP contribution in [-0.4, -0.2) is 89.7 Å². The summed E-state index contributed by atoms with van der Waals surface area (Å²) in [5.74, 6) is 0.801. The first-order valence-electron chi connectivity index (χ1n) is 21.2. The van der Waals surface area contributed by atoms with E-state index in [9.17, 15) is 18.5 Å². The lowest BCUT2D eigenvalue weighted by molar-refractivity contribution is -0.384. The van der Waals surface area contributed by atoms with E-state index < -0.39 is 14.9 Å². The fourth-order valence-electron chi connectivity index (χ4n) is 9.26. The van der Waals surface area contributed by atoms with Crippen molar-refractivity contribution in [3.63, 3.8) is 0 Å². The van der Waals surface area contributed by atoms with Crippen molar-refractivity contribution in [2.75, 3.05) is 53.4 Å². The molecule has 0 spiro atoms. The summed E-state index contributed by atoms with van der Waals surface area (Å²) in [5.41, 5.74) is 5.17. The molecule has 3 aliphatic heterocycles. The van der Waals surface area contributed by atoms with E-state index in [1.54, 1.807) is 11.8 Å². The molecule has 3 aliphatic rings. The summed E-state index contributed by atoms with van der Waals surface area (Å²) in [6, 6.07) is 37.5. The Morgan fingerprint density at radius 2 is 1.56 bits per heavy atom. The lowest BCUT2D eigenvalue weighted by Crippen LogP contribution is -2.46. The molecular formula is C47H49ClN8O4S2. The zero-order valence-electron chi connectivity index (χ0n) is 34.3. The van der Waals surface area contributed by atoms with E-state index in [0.717, 1.165) is 72.9 Å². The Kier molecular flexibility index (Phi) is 12.6. The first-order valence-corrected chi connectivity index (χ1v) is 24.1. The number of anilines is 3. The zero-order chi connectivity index (χ0) is 42.6. The molecule has 320 valence electrons. The van der Waals surface area contributed by atoms with Crippen LogP contribution < -0.4 is 14.9 Å². The van der Waals surface area contributed by atoms with Crippen LogP contribution in [0.2, 0.25) is 5.02 Å². The van der Waals surface area contributed by atoms with Crippen molar-refractivity contribution >= 4 is 67.2 Å². The van der Waals surface area contributed by atoms with Crippen LogP contribution in [0.3, 0.4) is 0 Å². The highest BCUT2D eigenvalue weighted by molar-refractivity contribution is 7.99. The molecule has 9 rings (SSSR count). The molecule has 0 unspecified atom stereocenters. The molecule has 1 aromatic heterocycles. The topological polar surface area (TPSA) is 137 Å². The SMILES string of the molecule is O=[N+]([O-])c1cc(S(=O)(=O)Nc2ncnc3cc(N4CCN(Cc5ccccc5-c5ccc(Cl)cc5)CC4)ccc23)ccc1N[C@H](CCN1C2CCC1CC2)CSc1ccccc1. The average Bonchev–Trinajstić information content (AvgIpc) is 3.87. The second kappa shape index (κ2) is 18.6. The van der Waals surface area contributed by atoms with Crippen molar-refractivity contribution in [2.24, 2.45) is 0 Å². The van der Waals surface area contributed by atoms with Crippen molar-refractivity contribution < 1.29 is 13.3 Å². The van der Waals surface area contributed by atoms with Crippen molar-refractivity contribution in [1.29, 1.82) is 0 Å². The maximum Gasteiger partial charge on any atom is 0.293 e. The number of hydrogen-bond donors (Lipinski definition) is 2. The lowest BCUT2D eigenvalue weighted by atomic mass is 9.99. The largest absolute Gasteiger partial charge is 0.376 e. The van der Waals surface area contributed by atoms with Crippen LogP contribution in [-0.2, 0) is 16.6 Å². The monoisotopic (exact) mass is 888 g/mol. The van der Waals surface area contributed by atoms with Crippen LogP contribution >= 0.6 is 23.4 Å². The molecule has 0 radical (unpaired) electrons. The minimum Gasteiger partial charge on any atom is -0.376 e. The van der Waals surface area contributed by atoms with Gasteiger partial charge in [0.15, 0.2) is 5.82 Å². The fraction of sp³-hybridized carbons (Fsp3) is 0.319. The number of hydrogen-bond acceptors (Lipinski definition) is 11. The first kappa shape index (κ1) is 42.1. The molecule has 12 nitrogen and oxygen atoms in total. The average molecular weight is 890 g/mol. The molecule has 6 aromatic rings. The van der Waals surface area contributed by atoms with Gasteiger partial charge in [-0.25, -0.2) is 18.4 Å². The summed E-state index contributed by atoms with van der Waals surface area (Å²) in [6.07, 6.45) is 7.10. The van der Waals surface area contributed by atoms with Gasteiger partial charge in [-0.3, -0.25) is 24.6 Å². The van der Waals surface area contributed by atoms with Crippen LogP contribution in [0.1, 0.15) is 37.7 Å². The summed E-state index contributed by atoms with van der Waals surface area (Å²) in [6.45, 7) is 5.12. The lowest BCUT2D eigenvalue weighted by Gasteiger charge is -2.36. The van der Waals surface area contributed by atoms with Crippen molar-refractivity contribution in [3.05, 3.63) is 142 Å². The number of sulfonamides is 1. The van der Waals surface area contributed by atoms with Gasteiger partial charge in [0, 0.05) is 90.2 Å². The van der Waals surface area contributed by atoms with Gasteiger partial charge in [0.05, 0.1) is 15.3 Å². The predicted molar refractivity (Wildman–Crippen MR) is 250 cm³/mol. The molecule has 3 fully saturated rings. The summed E-state index contributed by atoms with van der Waals surface area (Å²) in [5, 5.41) is 17.2. The van der Waals surface area contributed by atoms with Gasteiger partial charge in [0.1, 0.15) is 12.0 Å². The van der Waals surface area contributed by atoms with Gasteiger partial charge in [0.2, 0.25) is 0 Å². The normalized spacial score (nSPS) is 18.6. The highest BCUT2D eigenvalue weighted by Crippen LogP contribution is 2.38. The molecule has 2 bridgehead atoms. The predicted octanol–water partition coefficient (Wildman–Crippen LogP) is 9.57. The van der Waals surface area contributed by atoms with Gasteiger partial charge < -0.3 is 10.2 Å². The van der Waals surface area contributed by atoms with Gasteiger partial charge in [-0.15, -0.1) is 11.8 Å². The molecule has 0 aliphatic carbocycles. The van der Waals surface area contributed by atoms with Crippen molar-refractivity contribution in [2.45, 2.75) is 66.6 Å². The third-order valence-corrected chi connectivity index (χ3v) is 15.3. The zero-order valence-corrected chi connectivity index (χ0v) is 36.7. The number of nitrogens with one attached hydrogen (secondary N) is 2. The molecule has 15 heteroatoms. The number of rotatable bonds is 16. The Labute approximate surface area is 371 Å². The number of fused-ring (bicyclic) bond motifs is 3. The van der Waals surface area contributed by atoms with E-state index in [0.29, 0.717) is 34.4 Å². The summed E-state index contributed by atoms with van der Waals surface area (Å²) < 4.78 is 30.4. The van der Waals surface area contributed by atoms with Crippen LogP contribution in [0.25, 0.3) is 22.0 Å². The minimum atomic E-state index is -4.27. The second-order valence-corrected chi connectivity index (χ2v) is 19.6. The number of piperazine rings is 1. The van der Waals surface area contributed by atoms with E-state index in [4.69, 9.17) is 11.6 Å². The van der Waals surface area contributed by atoms with Crippen LogP contribution in [0, 0.1) is 10.1 Å². The Hall–Kier alpha value is -5.25. The molecule has 62 heavy (non-hydrogen) atoms. The van der Waals surface area contributed by atoms with Crippen LogP contribution in [0.4, 0.5) is 22.9 Å². The minimum absolute atomic E-state index is 0.0797. The number of nitro groups is 1. The van der Waals surface area contributed by atoms with E-state index >= 15 is 0 Å². The number of nitro benzene ring substituents is 1. The van der Waals surface area contributed by atoms with Crippen molar-refractivity contribution in [3.8, 4) is 11.1 Å².